The molecule has 1 N–H and O–H groups in total. The van der Waals surface area contributed by atoms with E-state index < -0.39 is 16.5 Å². The van der Waals surface area contributed by atoms with E-state index in [1.54, 1.807) is 0 Å². The minimum Gasteiger partial charge on any atom is -0.480 e. The Bertz CT molecular complexity index is 237. The first kappa shape index (κ1) is 8.46. The zero-order chi connectivity index (χ0) is 8.48. The summed E-state index contributed by atoms with van der Waals surface area (Å²) >= 11 is 2.81. The molecular weight excluding hydrogens is 215 g/mol. The van der Waals surface area contributed by atoms with Crippen molar-refractivity contribution in [1.29, 1.82) is 0 Å². The van der Waals surface area contributed by atoms with Crippen molar-refractivity contribution in [1.82, 2.24) is 0 Å². The fourth-order valence-corrected chi connectivity index (χ4v) is 1.08. The second kappa shape index (κ2) is 2.77. The number of hydrogen-bond acceptors (Lipinski definition) is 1. The molecule has 0 aliphatic heterocycles. The predicted molar refractivity (Wildman–Crippen MR) is 42.5 cm³/mol. The van der Waals surface area contributed by atoms with Gasteiger partial charge < -0.3 is 5.11 Å². The van der Waals surface area contributed by atoms with Gasteiger partial charge in [0.25, 0.3) is 0 Å². The zero-order valence-electron chi connectivity index (χ0n) is 5.50. The summed E-state index contributed by atoms with van der Waals surface area (Å²) in [5.74, 6) is -1.22. The van der Waals surface area contributed by atoms with Crippen LogP contribution in [0.15, 0.2) is 24.3 Å². The van der Waals surface area contributed by atoms with E-state index in [9.17, 15) is 9.18 Å². The topological polar surface area (TPSA) is 37.3 Å². The van der Waals surface area contributed by atoms with Crippen LogP contribution < -0.4 is 0 Å². The van der Waals surface area contributed by atoms with E-state index in [-0.39, 0.29) is 0 Å². The van der Waals surface area contributed by atoms with Gasteiger partial charge in [0, 0.05) is 0 Å². The maximum Gasteiger partial charge on any atom is 0.327 e. The normalized spacial score (nSPS) is 35.6. The molecule has 1 aliphatic carbocycles. The smallest absolute Gasteiger partial charge is 0.327 e. The van der Waals surface area contributed by atoms with Crippen LogP contribution in [0.25, 0.3) is 0 Å². The van der Waals surface area contributed by atoms with Crippen molar-refractivity contribution in [2.45, 2.75) is 10.5 Å². The molecule has 0 heterocycles. The average molecular weight is 221 g/mol. The molecule has 0 aromatic carbocycles. The van der Waals surface area contributed by atoms with Crippen LogP contribution >= 0.6 is 15.9 Å². The molecule has 0 aromatic heterocycles. The van der Waals surface area contributed by atoms with Crippen LogP contribution in [0.2, 0.25) is 0 Å². The van der Waals surface area contributed by atoms with Gasteiger partial charge in [-0.2, -0.15) is 0 Å². The first-order valence-electron chi connectivity index (χ1n) is 3.00. The third kappa shape index (κ3) is 1.35. The molecule has 2 nitrogen and oxygen atoms in total. The number of hydrogen-bond donors (Lipinski definition) is 1. The molecular formula is C7H6BrFO2. The Morgan fingerprint density at radius 1 is 1.64 bits per heavy atom. The Morgan fingerprint density at radius 3 is 2.64 bits per heavy atom. The SMILES string of the molecule is O=C(O)C1(Br)C=CC=CC1F. The summed E-state index contributed by atoms with van der Waals surface area (Å²) in [7, 11) is 0. The number of carbonyl (C=O) groups is 1. The van der Waals surface area contributed by atoms with Gasteiger partial charge in [0.2, 0.25) is 0 Å². The Hall–Kier alpha value is -0.640. The summed E-state index contributed by atoms with van der Waals surface area (Å²) in [5.41, 5.74) is 0. The van der Waals surface area contributed by atoms with E-state index in [1.807, 2.05) is 0 Å². The summed E-state index contributed by atoms with van der Waals surface area (Å²) < 4.78 is 11.3. The highest BCUT2D eigenvalue weighted by Crippen LogP contribution is 2.30. The molecule has 1 aliphatic rings. The quantitative estimate of drug-likeness (QED) is 0.683. The average Bonchev–Trinajstić information content (AvgIpc) is 1.95. The van der Waals surface area contributed by atoms with Crippen LogP contribution in [0.3, 0.4) is 0 Å². The maximum absolute atomic E-state index is 12.9. The lowest BCUT2D eigenvalue weighted by Crippen LogP contribution is -2.39. The molecule has 0 fully saturated rings. The summed E-state index contributed by atoms with van der Waals surface area (Å²) in [4.78, 5) is 10.5. The standard InChI is InChI=1S/C7H6BrFO2/c8-7(6(10)11)4-2-1-3-5(7)9/h1-5H,(H,10,11). The number of alkyl halides is 2. The molecule has 2 unspecified atom stereocenters. The van der Waals surface area contributed by atoms with E-state index in [2.05, 4.69) is 15.9 Å². The highest BCUT2D eigenvalue weighted by molar-refractivity contribution is 9.10. The summed E-state index contributed by atoms with van der Waals surface area (Å²) in [6, 6.07) is 0. The Labute approximate surface area is 71.5 Å². The lowest BCUT2D eigenvalue weighted by Gasteiger charge is -2.22. The Balaban J connectivity index is 2.94. The van der Waals surface area contributed by atoms with Crippen LogP contribution in [-0.2, 0) is 4.79 Å². The van der Waals surface area contributed by atoms with Gasteiger partial charge in [-0.25, -0.2) is 4.39 Å². The van der Waals surface area contributed by atoms with Crippen molar-refractivity contribution in [3.05, 3.63) is 24.3 Å². The second-order valence-electron chi connectivity index (χ2n) is 2.22. The molecule has 1 rings (SSSR count). The fraction of sp³-hybridized carbons (Fsp3) is 0.286. The van der Waals surface area contributed by atoms with Gasteiger partial charge in [-0.15, -0.1) is 0 Å². The molecule has 0 saturated carbocycles. The lowest BCUT2D eigenvalue weighted by molar-refractivity contribution is -0.139. The lowest BCUT2D eigenvalue weighted by atomic mass is 9.99. The summed E-state index contributed by atoms with van der Waals surface area (Å²) in [6.45, 7) is 0. The van der Waals surface area contributed by atoms with Crippen molar-refractivity contribution in [3.8, 4) is 0 Å². The Kier molecular flexibility index (Phi) is 2.13. The Morgan fingerprint density at radius 2 is 2.27 bits per heavy atom. The van der Waals surface area contributed by atoms with Crippen LogP contribution in [0.4, 0.5) is 4.39 Å². The van der Waals surface area contributed by atoms with Crippen LogP contribution in [0.1, 0.15) is 0 Å². The summed E-state index contributed by atoms with van der Waals surface area (Å²) in [6.07, 6.45) is 3.94. The molecule has 11 heavy (non-hydrogen) atoms. The fourth-order valence-electron chi connectivity index (χ4n) is 0.779. The minimum absolute atomic E-state index is 1.20. The predicted octanol–water partition coefficient (Wildman–Crippen LogP) is 1.67. The molecule has 0 saturated heterocycles. The summed E-state index contributed by atoms with van der Waals surface area (Å²) in [5, 5.41) is 8.60. The molecule has 0 amide bonds. The first-order chi connectivity index (χ1) is 5.07. The van der Waals surface area contributed by atoms with Crippen molar-refractivity contribution < 1.29 is 14.3 Å². The van der Waals surface area contributed by atoms with Gasteiger partial charge in [0.1, 0.15) is 6.17 Å². The van der Waals surface area contributed by atoms with Gasteiger partial charge in [0.05, 0.1) is 0 Å². The van der Waals surface area contributed by atoms with Crippen molar-refractivity contribution >= 4 is 21.9 Å². The zero-order valence-corrected chi connectivity index (χ0v) is 7.08. The van der Waals surface area contributed by atoms with E-state index in [0.29, 0.717) is 0 Å². The van der Waals surface area contributed by atoms with Crippen LogP contribution in [0, 0.1) is 0 Å². The van der Waals surface area contributed by atoms with E-state index in [4.69, 9.17) is 5.11 Å². The third-order valence-electron chi connectivity index (χ3n) is 1.46. The van der Waals surface area contributed by atoms with Gasteiger partial charge in [-0.3, -0.25) is 4.79 Å². The van der Waals surface area contributed by atoms with Crippen molar-refractivity contribution in [2.75, 3.05) is 0 Å². The molecule has 4 heteroatoms. The number of allylic oxidation sites excluding steroid dienone is 3. The molecule has 0 bridgehead atoms. The second-order valence-corrected chi connectivity index (χ2v) is 3.53. The van der Waals surface area contributed by atoms with Crippen molar-refractivity contribution in [2.24, 2.45) is 0 Å². The first-order valence-corrected chi connectivity index (χ1v) is 3.79. The van der Waals surface area contributed by atoms with Gasteiger partial charge >= 0.3 is 5.97 Å². The number of carboxylic acid groups (broad SMARTS) is 1. The third-order valence-corrected chi connectivity index (χ3v) is 2.50. The molecule has 60 valence electrons. The monoisotopic (exact) mass is 220 g/mol. The molecule has 0 spiro atoms. The highest BCUT2D eigenvalue weighted by Gasteiger charge is 2.41. The number of aliphatic carboxylic acids is 1. The highest BCUT2D eigenvalue weighted by atomic mass is 79.9. The van der Waals surface area contributed by atoms with E-state index >= 15 is 0 Å². The van der Waals surface area contributed by atoms with E-state index in [0.717, 1.165) is 0 Å². The van der Waals surface area contributed by atoms with Gasteiger partial charge in [0.15, 0.2) is 4.32 Å². The van der Waals surface area contributed by atoms with Crippen LogP contribution in [-0.4, -0.2) is 21.6 Å². The van der Waals surface area contributed by atoms with Gasteiger partial charge in [-0.1, -0.05) is 34.2 Å². The van der Waals surface area contributed by atoms with Crippen molar-refractivity contribution in [3.63, 3.8) is 0 Å². The number of carboxylic acids is 1. The van der Waals surface area contributed by atoms with Gasteiger partial charge in [-0.05, 0) is 6.08 Å². The molecule has 0 aromatic rings. The largest absolute Gasteiger partial charge is 0.480 e. The van der Waals surface area contributed by atoms with Crippen LogP contribution in [0.5, 0.6) is 0 Å². The maximum atomic E-state index is 12.9. The van der Waals surface area contributed by atoms with E-state index in [1.165, 1.54) is 24.3 Å². The number of rotatable bonds is 1. The molecule has 0 radical (unpaired) electrons. The number of halogens is 2. The minimum atomic E-state index is -1.57. The molecule has 2 atom stereocenters.